The summed E-state index contributed by atoms with van der Waals surface area (Å²) in [5, 5.41) is 8.86. The maximum Gasteiger partial charge on any atom is 0.309 e. The number of ether oxygens (including phenoxy) is 1. The monoisotopic (exact) mass is 340 g/mol. The number of anilines is 1. The Morgan fingerprint density at radius 3 is 2.84 bits per heavy atom. The number of aromatic nitrogens is 2. The third kappa shape index (κ3) is 4.10. The summed E-state index contributed by atoms with van der Waals surface area (Å²) in [6, 6.07) is 5.95. The Morgan fingerprint density at radius 1 is 1.36 bits per heavy atom. The van der Waals surface area contributed by atoms with E-state index in [0.29, 0.717) is 31.5 Å². The summed E-state index contributed by atoms with van der Waals surface area (Å²) in [5.41, 5.74) is 0.550. The van der Waals surface area contributed by atoms with Crippen molar-refractivity contribution in [2.45, 2.75) is 19.4 Å². The first-order chi connectivity index (χ1) is 12.2. The number of hydrogen-bond donors (Lipinski definition) is 0. The molecule has 2 aromatic rings. The molecule has 1 aliphatic rings. The van der Waals surface area contributed by atoms with Crippen molar-refractivity contribution in [2.75, 3.05) is 18.0 Å². The molecule has 0 amide bonds. The van der Waals surface area contributed by atoms with Crippen molar-refractivity contribution in [3.8, 4) is 6.07 Å². The van der Waals surface area contributed by atoms with Crippen LogP contribution in [0, 0.1) is 23.1 Å². The molecule has 1 saturated heterocycles. The number of halogens is 1. The fourth-order valence-corrected chi connectivity index (χ4v) is 2.82. The van der Waals surface area contributed by atoms with Gasteiger partial charge in [-0.2, -0.15) is 5.26 Å². The Morgan fingerprint density at radius 2 is 2.16 bits per heavy atom. The van der Waals surface area contributed by atoms with Crippen LogP contribution in [-0.4, -0.2) is 29.0 Å². The van der Waals surface area contributed by atoms with E-state index in [1.807, 2.05) is 6.07 Å². The van der Waals surface area contributed by atoms with Crippen LogP contribution in [0.1, 0.15) is 24.0 Å². The topological polar surface area (TPSA) is 79.1 Å². The molecule has 7 heteroatoms. The smallest absolute Gasteiger partial charge is 0.309 e. The SMILES string of the molecule is N#Cc1ccc(F)c(COC(=O)C2CCN(c3cnccn3)CC2)c1. The van der Waals surface area contributed by atoms with Crippen LogP contribution < -0.4 is 4.90 Å². The molecule has 0 aliphatic carbocycles. The lowest BCUT2D eigenvalue weighted by Gasteiger charge is -2.31. The highest BCUT2D eigenvalue weighted by Gasteiger charge is 2.27. The average molecular weight is 340 g/mol. The van der Waals surface area contributed by atoms with Crippen molar-refractivity contribution >= 4 is 11.8 Å². The van der Waals surface area contributed by atoms with E-state index in [-0.39, 0.29) is 24.1 Å². The second-order valence-corrected chi connectivity index (χ2v) is 5.85. The number of nitriles is 1. The van der Waals surface area contributed by atoms with Gasteiger partial charge in [-0.15, -0.1) is 0 Å². The highest BCUT2D eigenvalue weighted by atomic mass is 19.1. The molecule has 3 rings (SSSR count). The van der Waals surface area contributed by atoms with Crippen LogP contribution >= 0.6 is 0 Å². The third-order valence-electron chi connectivity index (χ3n) is 4.25. The van der Waals surface area contributed by atoms with Crippen molar-refractivity contribution < 1.29 is 13.9 Å². The van der Waals surface area contributed by atoms with E-state index in [0.717, 1.165) is 5.82 Å². The minimum absolute atomic E-state index is 0.162. The number of hydrogen-bond acceptors (Lipinski definition) is 6. The molecule has 1 fully saturated rings. The van der Waals surface area contributed by atoms with E-state index < -0.39 is 5.82 Å². The van der Waals surface area contributed by atoms with Crippen molar-refractivity contribution in [1.29, 1.82) is 5.26 Å². The highest BCUT2D eigenvalue weighted by molar-refractivity contribution is 5.72. The summed E-state index contributed by atoms with van der Waals surface area (Å²) in [4.78, 5) is 22.6. The molecule has 128 valence electrons. The van der Waals surface area contributed by atoms with Gasteiger partial charge in [0.1, 0.15) is 18.2 Å². The number of piperidine rings is 1. The molecule has 2 heterocycles. The predicted octanol–water partition coefficient (Wildman–Crippen LogP) is 2.45. The van der Waals surface area contributed by atoms with E-state index in [1.165, 1.54) is 18.2 Å². The van der Waals surface area contributed by atoms with Gasteiger partial charge < -0.3 is 9.64 Å². The number of nitrogens with zero attached hydrogens (tertiary/aromatic N) is 4. The molecule has 0 spiro atoms. The van der Waals surface area contributed by atoms with Crippen LogP contribution in [-0.2, 0) is 16.1 Å². The van der Waals surface area contributed by atoms with E-state index in [2.05, 4.69) is 14.9 Å². The summed E-state index contributed by atoms with van der Waals surface area (Å²) in [7, 11) is 0. The Bertz CT molecular complexity index is 783. The van der Waals surface area contributed by atoms with Crippen LogP contribution in [0.15, 0.2) is 36.8 Å². The summed E-state index contributed by atoms with van der Waals surface area (Å²) >= 11 is 0. The van der Waals surface area contributed by atoms with E-state index >= 15 is 0 Å². The average Bonchev–Trinajstić information content (AvgIpc) is 2.68. The lowest BCUT2D eigenvalue weighted by atomic mass is 9.97. The molecule has 6 nitrogen and oxygen atoms in total. The van der Waals surface area contributed by atoms with E-state index in [4.69, 9.17) is 10.00 Å². The molecular weight excluding hydrogens is 323 g/mol. The normalized spacial score (nSPS) is 14.8. The van der Waals surface area contributed by atoms with Crippen LogP contribution in [0.25, 0.3) is 0 Å². The van der Waals surface area contributed by atoms with Crippen LogP contribution in [0.4, 0.5) is 10.2 Å². The van der Waals surface area contributed by atoms with Gasteiger partial charge in [0, 0.05) is 31.0 Å². The number of carbonyl (C=O) groups excluding carboxylic acids is 1. The zero-order chi connectivity index (χ0) is 17.6. The summed E-state index contributed by atoms with van der Waals surface area (Å²) in [6.45, 7) is 1.22. The zero-order valence-electron chi connectivity index (χ0n) is 13.6. The zero-order valence-corrected chi connectivity index (χ0v) is 13.6. The Hall–Kier alpha value is -3.01. The molecule has 25 heavy (non-hydrogen) atoms. The molecule has 1 aliphatic heterocycles. The first-order valence-electron chi connectivity index (χ1n) is 8.03. The van der Waals surface area contributed by atoms with Crippen molar-refractivity contribution in [3.63, 3.8) is 0 Å². The maximum atomic E-state index is 13.7. The lowest BCUT2D eigenvalue weighted by molar-refractivity contribution is -0.150. The van der Waals surface area contributed by atoms with Gasteiger partial charge in [-0.05, 0) is 31.0 Å². The second kappa shape index (κ2) is 7.71. The number of carbonyl (C=O) groups is 1. The second-order valence-electron chi connectivity index (χ2n) is 5.85. The molecule has 0 saturated carbocycles. The van der Waals surface area contributed by atoms with Gasteiger partial charge in [-0.25, -0.2) is 9.37 Å². The third-order valence-corrected chi connectivity index (χ3v) is 4.25. The Labute approximate surface area is 144 Å². The molecule has 0 bridgehead atoms. The van der Waals surface area contributed by atoms with Gasteiger partial charge in [0.25, 0.3) is 0 Å². The van der Waals surface area contributed by atoms with Crippen LogP contribution in [0.3, 0.4) is 0 Å². The maximum absolute atomic E-state index is 13.7. The largest absolute Gasteiger partial charge is 0.460 e. The fraction of sp³-hybridized carbons (Fsp3) is 0.333. The number of rotatable bonds is 4. The fourth-order valence-electron chi connectivity index (χ4n) is 2.82. The predicted molar refractivity (Wildman–Crippen MR) is 87.9 cm³/mol. The summed E-state index contributed by atoms with van der Waals surface area (Å²) in [6.07, 6.45) is 6.25. The molecule has 0 N–H and O–H groups in total. The first-order valence-corrected chi connectivity index (χ1v) is 8.03. The van der Waals surface area contributed by atoms with Gasteiger partial charge >= 0.3 is 5.97 Å². The molecular formula is C18H17FN4O2. The number of esters is 1. The van der Waals surface area contributed by atoms with Gasteiger partial charge in [0.2, 0.25) is 0 Å². The van der Waals surface area contributed by atoms with E-state index in [1.54, 1.807) is 18.6 Å². The van der Waals surface area contributed by atoms with Gasteiger partial charge in [0.15, 0.2) is 0 Å². The minimum Gasteiger partial charge on any atom is -0.460 e. The highest BCUT2D eigenvalue weighted by Crippen LogP contribution is 2.23. The molecule has 0 unspecified atom stereocenters. The molecule has 1 aromatic heterocycles. The standard InChI is InChI=1S/C18H17FN4O2/c19-16-2-1-13(10-20)9-15(16)12-25-18(24)14-3-7-23(8-4-14)17-11-21-5-6-22-17/h1-2,5-6,9,11,14H,3-4,7-8,12H2. The molecule has 1 aromatic carbocycles. The van der Waals surface area contributed by atoms with E-state index in [9.17, 15) is 9.18 Å². The minimum atomic E-state index is -0.482. The van der Waals surface area contributed by atoms with Crippen molar-refractivity contribution in [2.24, 2.45) is 5.92 Å². The number of benzene rings is 1. The first kappa shape index (κ1) is 16.8. The Balaban J connectivity index is 1.53. The van der Waals surface area contributed by atoms with Crippen LogP contribution in [0.2, 0.25) is 0 Å². The lowest BCUT2D eigenvalue weighted by Crippen LogP contribution is -2.37. The quantitative estimate of drug-likeness (QED) is 0.796. The summed E-state index contributed by atoms with van der Waals surface area (Å²) in [5.74, 6) is -0.232. The Kier molecular flexibility index (Phi) is 5.19. The van der Waals surface area contributed by atoms with Crippen LogP contribution in [0.5, 0.6) is 0 Å². The molecule has 0 radical (unpaired) electrons. The van der Waals surface area contributed by atoms with Gasteiger partial charge in [0.05, 0.1) is 23.7 Å². The molecule has 0 atom stereocenters. The summed E-state index contributed by atoms with van der Waals surface area (Å²) < 4.78 is 19.0. The van der Waals surface area contributed by atoms with Crippen molar-refractivity contribution in [3.05, 3.63) is 53.7 Å². The van der Waals surface area contributed by atoms with Crippen molar-refractivity contribution in [1.82, 2.24) is 9.97 Å². The van der Waals surface area contributed by atoms with Gasteiger partial charge in [-0.1, -0.05) is 0 Å². The van der Waals surface area contributed by atoms with Gasteiger partial charge in [-0.3, -0.25) is 9.78 Å².